The fourth-order valence-electron chi connectivity index (χ4n) is 2.26. The molecule has 0 radical (unpaired) electrons. The molecule has 2 fully saturated rings. The largest absolute Gasteiger partial charge is 0.339 e. The highest BCUT2D eigenvalue weighted by Crippen LogP contribution is 2.18. The van der Waals surface area contributed by atoms with E-state index < -0.39 is 0 Å². The summed E-state index contributed by atoms with van der Waals surface area (Å²) < 4.78 is 0. The van der Waals surface area contributed by atoms with E-state index >= 15 is 0 Å². The Morgan fingerprint density at radius 1 is 1.11 bits per heavy atom. The average molecular weight is 268 g/mol. The maximum atomic E-state index is 12.0. The SMILES string of the molecule is CN(C)C(=O)N1CCN(C(=O)CCNC2CC2)CC1. The van der Waals surface area contributed by atoms with Gasteiger partial charge < -0.3 is 20.0 Å². The number of carbonyl (C=O) groups excluding carboxylic acids is 2. The van der Waals surface area contributed by atoms with Crippen molar-refractivity contribution in [2.75, 3.05) is 46.8 Å². The molecule has 1 N–H and O–H groups in total. The summed E-state index contributed by atoms with van der Waals surface area (Å²) in [6.45, 7) is 3.36. The molecular formula is C13H24N4O2. The lowest BCUT2D eigenvalue weighted by molar-refractivity contribution is -0.132. The molecule has 6 nitrogen and oxygen atoms in total. The number of nitrogens with one attached hydrogen (secondary N) is 1. The molecule has 0 spiro atoms. The summed E-state index contributed by atoms with van der Waals surface area (Å²) in [5.74, 6) is 0.199. The predicted molar refractivity (Wildman–Crippen MR) is 72.9 cm³/mol. The van der Waals surface area contributed by atoms with E-state index in [1.807, 2.05) is 4.90 Å². The maximum absolute atomic E-state index is 12.0. The number of hydrogen-bond acceptors (Lipinski definition) is 3. The highest BCUT2D eigenvalue weighted by atomic mass is 16.2. The molecule has 19 heavy (non-hydrogen) atoms. The van der Waals surface area contributed by atoms with Gasteiger partial charge in [-0.3, -0.25) is 4.79 Å². The molecule has 1 saturated carbocycles. The molecule has 0 aromatic heterocycles. The molecule has 0 bridgehead atoms. The van der Waals surface area contributed by atoms with Crippen molar-refractivity contribution in [3.05, 3.63) is 0 Å². The third-order valence-corrected chi connectivity index (χ3v) is 3.63. The first-order valence-corrected chi connectivity index (χ1v) is 7.05. The summed E-state index contributed by atoms with van der Waals surface area (Å²) in [5, 5.41) is 3.35. The summed E-state index contributed by atoms with van der Waals surface area (Å²) in [4.78, 5) is 29.0. The van der Waals surface area contributed by atoms with Crippen LogP contribution in [0.5, 0.6) is 0 Å². The second-order valence-corrected chi connectivity index (χ2v) is 5.52. The van der Waals surface area contributed by atoms with Gasteiger partial charge in [0.2, 0.25) is 5.91 Å². The number of rotatable bonds is 4. The Labute approximate surface area is 114 Å². The van der Waals surface area contributed by atoms with Crippen molar-refractivity contribution >= 4 is 11.9 Å². The fraction of sp³-hybridized carbons (Fsp3) is 0.846. The molecule has 108 valence electrons. The van der Waals surface area contributed by atoms with E-state index in [4.69, 9.17) is 0 Å². The molecule has 6 heteroatoms. The topological polar surface area (TPSA) is 55.9 Å². The normalized spacial score (nSPS) is 19.5. The van der Waals surface area contributed by atoms with E-state index in [2.05, 4.69) is 5.32 Å². The number of piperazine rings is 1. The molecule has 0 atom stereocenters. The lowest BCUT2D eigenvalue weighted by Gasteiger charge is -2.36. The van der Waals surface area contributed by atoms with Crippen LogP contribution in [-0.4, -0.2) is 79.5 Å². The third-order valence-electron chi connectivity index (χ3n) is 3.63. The highest BCUT2D eigenvalue weighted by molar-refractivity contribution is 5.77. The lowest BCUT2D eigenvalue weighted by Crippen LogP contribution is -2.53. The molecule has 0 aromatic rings. The smallest absolute Gasteiger partial charge is 0.319 e. The highest BCUT2D eigenvalue weighted by Gasteiger charge is 2.25. The van der Waals surface area contributed by atoms with E-state index in [-0.39, 0.29) is 11.9 Å². The predicted octanol–water partition coefficient (Wildman–Crippen LogP) is -0.0457. The molecule has 1 aliphatic carbocycles. The standard InChI is InChI=1S/C13H24N4O2/c1-15(2)13(19)17-9-7-16(8-10-17)12(18)5-6-14-11-3-4-11/h11,14H,3-10H2,1-2H3. The molecule has 2 aliphatic rings. The van der Waals surface area contributed by atoms with Gasteiger partial charge in [0, 0.05) is 59.3 Å². The van der Waals surface area contributed by atoms with Crippen LogP contribution in [-0.2, 0) is 4.79 Å². The quantitative estimate of drug-likeness (QED) is 0.778. The molecule has 1 saturated heterocycles. The molecular weight excluding hydrogens is 244 g/mol. The van der Waals surface area contributed by atoms with Crippen LogP contribution >= 0.6 is 0 Å². The summed E-state index contributed by atoms with van der Waals surface area (Å²) in [6.07, 6.45) is 3.07. The van der Waals surface area contributed by atoms with Crippen molar-refractivity contribution in [3.63, 3.8) is 0 Å². The van der Waals surface area contributed by atoms with Gasteiger partial charge in [-0.05, 0) is 12.8 Å². The molecule has 1 aliphatic heterocycles. The Balaban J connectivity index is 1.66. The summed E-state index contributed by atoms with van der Waals surface area (Å²) >= 11 is 0. The van der Waals surface area contributed by atoms with Crippen molar-refractivity contribution in [1.29, 1.82) is 0 Å². The van der Waals surface area contributed by atoms with Gasteiger partial charge in [-0.15, -0.1) is 0 Å². The zero-order chi connectivity index (χ0) is 13.8. The van der Waals surface area contributed by atoms with Crippen LogP contribution in [0, 0.1) is 0 Å². The van der Waals surface area contributed by atoms with Gasteiger partial charge in [0.15, 0.2) is 0 Å². The van der Waals surface area contributed by atoms with Crippen molar-refractivity contribution in [2.24, 2.45) is 0 Å². The second-order valence-electron chi connectivity index (χ2n) is 5.52. The van der Waals surface area contributed by atoms with Crippen LogP contribution < -0.4 is 5.32 Å². The minimum atomic E-state index is 0.0301. The van der Waals surface area contributed by atoms with Gasteiger partial charge in [-0.2, -0.15) is 0 Å². The van der Waals surface area contributed by atoms with Gasteiger partial charge >= 0.3 is 6.03 Å². The Hall–Kier alpha value is -1.30. The van der Waals surface area contributed by atoms with Crippen LogP contribution in [0.25, 0.3) is 0 Å². The van der Waals surface area contributed by atoms with Crippen molar-refractivity contribution < 1.29 is 9.59 Å². The zero-order valence-electron chi connectivity index (χ0n) is 11.9. The fourth-order valence-corrected chi connectivity index (χ4v) is 2.26. The molecule has 3 amide bonds. The van der Waals surface area contributed by atoms with Crippen LogP contribution in [0.4, 0.5) is 4.79 Å². The Morgan fingerprint density at radius 2 is 1.68 bits per heavy atom. The molecule has 2 rings (SSSR count). The first kappa shape index (κ1) is 14.1. The van der Waals surface area contributed by atoms with Gasteiger partial charge in [0.1, 0.15) is 0 Å². The van der Waals surface area contributed by atoms with Crippen molar-refractivity contribution in [2.45, 2.75) is 25.3 Å². The van der Waals surface area contributed by atoms with Crippen LogP contribution in [0.1, 0.15) is 19.3 Å². The van der Waals surface area contributed by atoms with Crippen LogP contribution in [0.3, 0.4) is 0 Å². The van der Waals surface area contributed by atoms with E-state index in [9.17, 15) is 9.59 Å². The number of carbonyl (C=O) groups is 2. The molecule has 0 aromatic carbocycles. The van der Waals surface area contributed by atoms with Gasteiger partial charge in [0.25, 0.3) is 0 Å². The molecule has 1 heterocycles. The van der Waals surface area contributed by atoms with Crippen LogP contribution in [0.2, 0.25) is 0 Å². The van der Waals surface area contributed by atoms with E-state index in [0.29, 0.717) is 38.6 Å². The number of hydrogen-bond donors (Lipinski definition) is 1. The van der Waals surface area contributed by atoms with E-state index in [1.165, 1.54) is 12.8 Å². The van der Waals surface area contributed by atoms with Crippen molar-refractivity contribution in [3.8, 4) is 0 Å². The van der Waals surface area contributed by atoms with Crippen molar-refractivity contribution in [1.82, 2.24) is 20.0 Å². The maximum Gasteiger partial charge on any atom is 0.319 e. The summed E-state index contributed by atoms with van der Waals surface area (Å²) in [7, 11) is 3.51. The van der Waals surface area contributed by atoms with E-state index in [1.54, 1.807) is 23.9 Å². The zero-order valence-corrected chi connectivity index (χ0v) is 11.9. The number of nitrogens with zero attached hydrogens (tertiary/aromatic N) is 3. The Morgan fingerprint density at radius 3 is 2.21 bits per heavy atom. The first-order chi connectivity index (χ1) is 9.08. The third kappa shape index (κ3) is 4.09. The Kier molecular flexibility index (Phi) is 4.63. The summed E-state index contributed by atoms with van der Waals surface area (Å²) in [5.41, 5.74) is 0. The number of amides is 3. The van der Waals surface area contributed by atoms with Crippen LogP contribution in [0.15, 0.2) is 0 Å². The average Bonchev–Trinajstić information content (AvgIpc) is 3.22. The summed E-state index contributed by atoms with van der Waals surface area (Å²) in [6, 6.07) is 0.685. The van der Waals surface area contributed by atoms with E-state index in [0.717, 1.165) is 6.54 Å². The molecule has 0 unspecified atom stereocenters. The monoisotopic (exact) mass is 268 g/mol. The lowest BCUT2D eigenvalue weighted by atomic mass is 10.3. The van der Waals surface area contributed by atoms with Gasteiger partial charge in [0.05, 0.1) is 0 Å². The first-order valence-electron chi connectivity index (χ1n) is 7.05. The minimum Gasteiger partial charge on any atom is -0.339 e. The Bertz CT molecular complexity index is 334. The van der Waals surface area contributed by atoms with Gasteiger partial charge in [-0.25, -0.2) is 4.79 Å². The minimum absolute atomic E-state index is 0.0301. The van der Waals surface area contributed by atoms with Gasteiger partial charge in [-0.1, -0.05) is 0 Å². The number of urea groups is 1. The second kappa shape index (κ2) is 6.23.